The van der Waals surface area contributed by atoms with Gasteiger partial charge in [-0.1, -0.05) is 20.8 Å². The van der Waals surface area contributed by atoms with Crippen LogP contribution >= 0.6 is 11.3 Å². The number of aromatic nitrogens is 1. The van der Waals surface area contributed by atoms with Crippen LogP contribution in [-0.4, -0.2) is 34.9 Å². The fourth-order valence-electron chi connectivity index (χ4n) is 1.94. The Morgan fingerprint density at radius 2 is 2.28 bits per heavy atom. The molecule has 1 N–H and O–H groups in total. The Balaban J connectivity index is 2.05. The molecule has 2 heterocycles. The van der Waals surface area contributed by atoms with Crippen LogP contribution < -0.4 is 5.32 Å². The molecule has 0 radical (unpaired) electrons. The van der Waals surface area contributed by atoms with Gasteiger partial charge in [-0.2, -0.15) is 0 Å². The van der Waals surface area contributed by atoms with E-state index in [-0.39, 0.29) is 17.4 Å². The molecule has 1 saturated heterocycles. The van der Waals surface area contributed by atoms with Crippen LogP contribution in [0.25, 0.3) is 0 Å². The van der Waals surface area contributed by atoms with Gasteiger partial charge in [0.15, 0.2) is 0 Å². The number of hydrogen-bond acceptors (Lipinski definition) is 4. The van der Waals surface area contributed by atoms with Crippen molar-refractivity contribution in [3.8, 4) is 0 Å². The second kappa shape index (κ2) is 4.97. The number of piperazine rings is 1. The van der Waals surface area contributed by atoms with Crippen LogP contribution in [0.4, 0.5) is 0 Å². The van der Waals surface area contributed by atoms with E-state index >= 15 is 0 Å². The fourth-order valence-corrected chi connectivity index (χ4v) is 2.97. The summed E-state index contributed by atoms with van der Waals surface area (Å²) in [6.45, 7) is 10.7. The molecule has 1 fully saturated rings. The summed E-state index contributed by atoms with van der Waals surface area (Å²) >= 11 is 1.65. The number of carbonyl (C=O) groups is 1. The first-order chi connectivity index (χ1) is 8.38. The van der Waals surface area contributed by atoms with Gasteiger partial charge >= 0.3 is 0 Å². The van der Waals surface area contributed by atoms with Crippen LogP contribution in [0.3, 0.4) is 0 Å². The van der Waals surface area contributed by atoms with Crippen LogP contribution in [0, 0.1) is 0 Å². The fraction of sp³-hybridized carbons (Fsp3) is 0.692. The SMILES string of the molecule is CC1NCCN(Cc2nc(C(C)(C)C)cs2)C1=O. The van der Waals surface area contributed by atoms with Crippen molar-refractivity contribution in [1.82, 2.24) is 15.2 Å². The molecule has 1 aromatic heterocycles. The third-order valence-electron chi connectivity index (χ3n) is 3.16. The summed E-state index contributed by atoms with van der Waals surface area (Å²) in [4.78, 5) is 18.5. The molecule has 0 saturated carbocycles. The van der Waals surface area contributed by atoms with Crippen molar-refractivity contribution < 1.29 is 4.79 Å². The van der Waals surface area contributed by atoms with E-state index in [1.54, 1.807) is 11.3 Å². The Hall–Kier alpha value is -0.940. The van der Waals surface area contributed by atoms with Crippen molar-refractivity contribution in [3.63, 3.8) is 0 Å². The average molecular weight is 267 g/mol. The van der Waals surface area contributed by atoms with Crippen molar-refractivity contribution in [2.75, 3.05) is 13.1 Å². The first kappa shape index (κ1) is 13.5. The number of carbonyl (C=O) groups excluding carboxylic acids is 1. The molecule has 1 aliphatic rings. The lowest BCUT2D eigenvalue weighted by molar-refractivity contribution is -0.135. The van der Waals surface area contributed by atoms with Gasteiger partial charge < -0.3 is 10.2 Å². The number of hydrogen-bond donors (Lipinski definition) is 1. The molecule has 0 spiro atoms. The minimum atomic E-state index is -0.0687. The molecule has 18 heavy (non-hydrogen) atoms. The van der Waals surface area contributed by atoms with Crippen molar-refractivity contribution in [3.05, 3.63) is 16.1 Å². The minimum absolute atomic E-state index is 0.0687. The molecule has 1 amide bonds. The predicted molar refractivity (Wildman–Crippen MR) is 73.7 cm³/mol. The van der Waals surface area contributed by atoms with Crippen molar-refractivity contribution in [2.45, 2.75) is 45.7 Å². The summed E-state index contributed by atoms with van der Waals surface area (Å²) < 4.78 is 0. The van der Waals surface area contributed by atoms with E-state index in [1.807, 2.05) is 11.8 Å². The van der Waals surface area contributed by atoms with Gasteiger partial charge in [0.1, 0.15) is 5.01 Å². The Morgan fingerprint density at radius 1 is 1.56 bits per heavy atom. The number of amides is 1. The third-order valence-corrected chi connectivity index (χ3v) is 3.99. The van der Waals surface area contributed by atoms with Crippen LogP contribution in [0.5, 0.6) is 0 Å². The van der Waals surface area contributed by atoms with Crippen LogP contribution in [0.1, 0.15) is 38.4 Å². The first-order valence-electron chi connectivity index (χ1n) is 6.35. The maximum atomic E-state index is 12.0. The third kappa shape index (κ3) is 2.90. The minimum Gasteiger partial charge on any atom is -0.333 e. The molecule has 5 heteroatoms. The molecular formula is C13H21N3OS. The zero-order valence-corrected chi connectivity index (χ0v) is 12.3. The van der Waals surface area contributed by atoms with Gasteiger partial charge in [0.25, 0.3) is 0 Å². The molecule has 4 nitrogen and oxygen atoms in total. The quantitative estimate of drug-likeness (QED) is 0.888. The number of thiazole rings is 1. The van der Waals surface area contributed by atoms with Crippen LogP contribution in [-0.2, 0) is 16.8 Å². The molecule has 1 aliphatic heterocycles. The lowest BCUT2D eigenvalue weighted by atomic mass is 9.93. The van der Waals surface area contributed by atoms with Crippen molar-refractivity contribution in [2.24, 2.45) is 0 Å². The van der Waals surface area contributed by atoms with Gasteiger partial charge in [-0.05, 0) is 6.92 Å². The van der Waals surface area contributed by atoms with E-state index in [0.29, 0.717) is 6.54 Å². The number of nitrogens with one attached hydrogen (secondary N) is 1. The predicted octanol–water partition coefficient (Wildman–Crippen LogP) is 1.76. The largest absolute Gasteiger partial charge is 0.333 e. The van der Waals surface area contributed by atoms with Gasteiger partial charge in [-0.15, -0.1) is 11.3 Å². The summed E-state index contributed by atoms with van der Waals surface area (Å²) in [5.74, 6) is 0.175. The van der Waals surface area contributed by atoms with Crippen molar-refractivity contribution in [1.29, 1.82) is 0 Å². The lowest BCUT2D eigenvalue weighted by Gasteiger charge is -2.30. The van der Waals surface area contributed by atoms with Gasteiger partial charge in [0, 0.05) is 23.9 Å². The highest BCUT2D eigenvalue weighted by molar-refractivity contribution is 7.09. The topological polar surface area (TPSA) is 45.2 Å². The van der Waals surface area contributed by atoms with Crippen LogP contribution in [0.15, 0.2) is 5.38 Å². The standard InChI is InChI=1S/C13H21N3OS/c1-9-12(17)16(6-5-14-9)7-11-15-10(8-18-11)13(2,3)4/h8-9,14H,5-7H2,1-4H3. The monoisotopic (exact) mass is 267 g/mol. The van der Waals surface area contributed by atoms with Gasteiger partial charge in [-0.3, -0.25) is 4.79 Å². The second-order valence-corrected chi connectivity index (χ2v) is 6.75. The summed E-state index contributed by atoms with van der Waals surface area (Å²) in [7, 11) is 0. The first-order valence-corrected chi connectivity index (χ1v) is 7.23. The molecule has 0 aromatic carbocycles. The van der Waals surface area contributed by atoms with Gasteiger partial charge in [0.2, 0.25) is 5.91 Å². The van der Waals surface area contributed by atoms with Crippen LogP contribution in [0.2, 0.25) is 0 Å². The lowest BCUT2D eigenvalue weighted by Crippen LogP contribution is -2.53. The maximum Gasteiger partial charge on any atom is 0.239 e. The van der Waals surface area contributed by atoms with E-state index in [2.05, 4.69) is 36.5 Å². The van der Waals surface area contributed by atoms with Crippen molar-refractivity contribution >= 4 is 17.2 Å². The molecule has 1 unspecified atom stereocenters. The Bertz CT molecular complexity index is 436. The zero-order valence-electron chi connectivity index (χ0n) is 11.5. The van der Waals surface area contributed by atoms with E-state index in [1.165, 1.54) is 0 Å². The summed E-state index contributed by atoms with van der Waals surface area (Å²) in [5, 5.41) is 6.30. The summed E-state index contributed by atoms with van der Waals surface area (Å²) in [6.07, 6.45) is 0. The number of nitrogens with zero attached hydrogens (tertiary/aromatic N) is 2. The molecule has 1 atom stereocenters. The molecular weight excluding hydrogens is 246 g/mol. The molecule has 0 aliphatic carbocycles. The zero-order chi connectivity index (χ0) is 13.3. The van der Waals surface area contributed by atoms with E-state index in [4.69, 9.17) is 0 Å². The Kier molecular flexibility index (Phi) is 3.73. The molecule has 0 bridgehead atoms. The molecule has 2 rings (SSSR count). The second-order valence-electron chi connectivity index (χ2n) is 5.81. The van der Waals surface area contributed by atoms with E-state index in [9.17, 15) is 4.79 Å². The highest BCUT2D eigenvalue weighted by Gasteiger charge is 2.26. The average Bonchev–Trinajstić information content (AvgIpc) is 2.73. The molecule has 100 valence electrons. The Morgan fingerprint density at radius 3 is 2.89 bits per heavy atom. The van der Waals surface area contributed by atoms with E-state index in [0.717, 1.165) is 23.8 Å². The highest BCUT2D eigenvalue weighted by Crippen LogP contribution is 2.24. The smallest absolute Gasteiger partial charge is 0.239 e. The summed E-state index contributed by atoms with van der Waals surface area (Å²) in [5.41, 5.74) is 1.19. The van der Waals surface area contributed by atoms with E-state index < -0.39 is 0 Å². The maximum absolute atomic E-state index is 12.0. The molecule has 1 aromatic rings. The number of rotatable bonds is 2. The normalized spacial score (nSPS) is 21.4. The van der Waals surface area contributed by atoms with Gasteiger partial charge in [-0.25, -0.2) is 4.98 Å². The van der Waals surface area contributed by atoms with Gasteiger partial charge in [0.05, 0.1) is 18.3 Å². The Labute approximate surface area is 112 Å². The highest BCUT2D eigenvalue weighted by atomic mass is 32.1. The summed E-state index contributed by atoms with van der Waals surface area (Å²) in [6, 6.07) is -0.0687.